The zero-order chi connectivity index (χ0) is 18.4. The summed E-state index contributed by atoms with van der Waals surface area (Å²) < 4.78 is 10.7. The normalized spacial score (nSPS) is 13.3. The maximum atomic E-state index is 12.1. The minimum atomic E-state index is -0.263. The van der Waals surface area contributed by atoms with Gasteiger partial charge >= 0.3 is 0 Å². The molecule has 1 aliphatic heterocycles. The summed E-state index contributed by atoms with van der Waals surface area (Å²) in [5.41, 5.74) is 2.39. The molecule has 0 radical (unpaired) electrons. The number of nitrogens with one attached hydrogen (secondary N) is 1. The first kappa shape index (κ1) is 17.8. The van der Waals surface area contributed by atoms with E-state index in [0.717, 1.165) is 25.1 Å². The number of methoxy groups -OCH3 is 1. The van der Waals surface area contributed by atoms with E-state index in [9.17, 15) is 9.59 Å². The van der Waals surface area contributed by atoms with Crippen molar-refractivity contribution < 1.29 is 19.1 Å². The van der Waals surface area contributed by atoms with Gasteiger partial charge in [-0.15, -0.1) is 0 Å². The number of aldehydes is 1. The molecule has 1 N–H and O–H groups in total. The van der Waals surface area contributed by atoms with Crippen LogP contribution in [0.1, 0.15) is 23.2 Å². The van der Waals surface area contributed by atoms with Crippen LogP contribution < -0.4 is 19.7 Å². The molecule has 1 fully saturated rings. The molecular formula is C20H22N2O4. The Hall–Kier alpha value is -3.02. The predicted molar refractivity (Wildman–Crippen MR) is 100 cm³/mol. The van der Waals surface area contributed by atoms with E-state index >= 15 is 0 Å². The lowest BCUT2D eigenvalue weighted by molar-refractivity contribution is -0.118. The number of anilines is 2. The lowest BCUT2D eigenvalue weighted by atomic mass is 10.2. The van der Waals surface area contributed by atoms with Crippen molar-refractivity contribution in [3.05, 3.63) is 48.0 Å². The third kappa shape index (κ3) is 4.33. The van der Waals surface area contributed by atoms with E-state index < -0.39 is 0 Å². The van der Waals surface area contributed by atoms with Crippen LogP contribution in [0.25, 0.3) is 0 Å². The van der Waals surface area contributed by atoms with E-state index in [0.29, 0.717) is 17.1 Å². The third-order valence-corrected chi connectivity index (χ3v) is 4.30. The van der Waals surface area contributed by atoms with Gasteiger partial charge in [0.05, 0.1) is 7.11 Å². The zero-order valence-corrected chi connectivity index (χ0v) is 14.7. The summed E-state index contributed by atoms with van der Waals surface area (Å²) in [6.07, 6.45) is 3.19. The van der Waals surface area contributed by atoms with Crippen molar-refractivity contribution >= 4 is 23.6 Å². The molecule has 26 heavy (non-hydrogen) atoms. The molecule has 6 nitrogen and oxygen atoms in total. The van der Waals surface area contributed by atoms with Crippen molar-refractivity contribution in [1.82, 2.24) is 0 Å². The van der Waals surface area contributed by atoms with Crippen LogP contribution >= 0.6 is 0 Å². The molecule has 6 heteroatoms. The van der Waals surface area contributed by atoms with Crippen LogP contribution in [0.4, 0.5) is 11.4 Å². The van der Waals surface area contributed by atoms with E-state index in [1.165, 1.54) is 25.6 Å². The van der Waals surface area contributed by atoms with Crippen molar-refractivity contribution in [2.75, 3.05) is 37.0 Å². The molecule has 2 aromatic carbocycles. The number of hydrogen-bond acceptors (Lipinski definition) is 5. The second-order valence-electron chi connectivity index (χ2n) is 6.11. The maximum Gasteiger partial charge on any atom is 0.262 e. The van der Waals surface area contributed by atoms with Gasteiger partial charge in [0, 0.05) is 30.0 Å². The fourth-order valence-electron chi connectivity index (χ4n) is 2.95. The number of carbonyl (C=O) groups is 2. The summed E-state index contributed by atoms with van der Waals surface area (Å²) in [5.74, 6) is 0.565. The van der Waals surface area contributed by atoms with Gasteiger partial charge in [0.15, 0.2) is 18.1 Å². The minimum absolute atomic E-state index is 0.148. The summed E-state index contributed by atoms with van der Waals surface area (Å²) in [7, 11) is 1.48. The Labute approximate surface area is 152 Å². The Bertz CT molecular complexity index is 768. The number of rotatable bonds is 7. The molecule has 136 valence electrons. The number of benzene rings is 2. The molecule has 0 atom stereocenters. The van der Waals surface area contributed by atoms with Gasteiger partial charge in [-0.1, -0.05) is 0 Å². The highest BCUT2D eigenvalue weighted by atomic mass is 16.5. The number of amides is 1. The fourth-order valence-corrected chi connectivity index (χ4v) is 2.95. The molecule has 0 bridgehead atoms. The van der Waals surface area contributed by atoms with Gasteiger partial charge in [-0.25, -0.2) is 0 Å². The molecule has 0 spiro atoms. The largest absolute Gasteiger partial charge is 0.493 e. The van der Waals surface area contributed by atoms with E-state index in [1.54, 1.807) is 18.2 Å². The standard InChI is InChI=1S/C20H22N2O4/c1-25-19-12-15(13-23)4-9-18(19)26-14-20(24)21-16-5-7-17(8-6-16)22-10-2-3-11-22/h4-9,12-13H,2-3,10-11,14H2,1H3,(H,21,24). The lowest BCUT2D eigenvalue weighted by Crippen LogP contribution is -2.20. The first-order valence-corrected chi connectivity index (χ1v) is 8.60. The first-order chi connectivity index (χ1) is 12.7. The van der Waals surface area contributed by atoms with Crippen LogP contribution in [0.3, 0.4) is 0 Å². The first-order valence-electron chi connectivity index (χ1n) is 8.60. The number of carbonyl (C=O) groups excluding carboxylic acids is 2. The summed E-state index contributed by atoms with van der Waals surface area (Å²) in [6.45, 7) is 2.03. The molecule has 0 aliphatic carbocycles. The summed E-state index contributed by atoms with van der Waals surface area (Å²) in [6, 6.07) is 12.6. The Kier molecular flexibility index (Phi) is 5.73. The Morgan fingerprint density at radius 2 is 1.85 bits per heavy atom. The highest BCUT2D eigenvalue weighted by Crippen LogP contribution is 2.27. The van der Waals surface area contributed by atoms with Crippen LogP contribution in [0.15, 0.2) is 42.5 Å². The van der Waals surface area contributed by atoms with Gasteiger partial charge in [0.25, 0.3) is 5.91 Å². The van der Waals surface area contributed by atoms with E-state index in [2.05, 4.69) is 10.2 Å². The number of ether oxygens (including phenoxy) is 2. The molecule has 1 saturated heterocycles. The number of nitrogens with zero attached hydrogens (tertiary/aromatic N) is 1. The SMILES string of the molecule is COc1cc(C=O)ccc1OCC(=O)Nc1ccc(N2CCCC2)cc1. The van der Waals surface area contributed by atoms with E-state index in [1.807, 2.05) is 24.3 Å². The van der Waals surface area contributed by atoms with Gasteiger partial charge in [0.1, 0.15) is 6.29 Å². The molecule has 1 aliphatic rings. The average Bonchev–Trinajstić information content (AvgIpc) is 3.21. The topological polar surface area (TPSA) is 67.9 Å². The maximum absolute atomic E-state index is 12.1. The summed E-state index contributed by atoms with van der Waals surface area (Å²) in [4.78, 5) is 25.2. The van der Waals surface area contributed by atoms with Gasteiger partial charge in [0.2, 0.25) is 0 Å². The molecule has 0 unspecified atom stereocenters. The van der Waals surface area contributed by atoms with Crippen molar-refractivity contribution in [1.29, 1.82) is 0 Å². The lowest BCUT2D eigenvalue weighted by Gasteiger charge is -2.17. The van der Waals surface area contributed by atoms with Crippen molar-refractivity contribution in [3.63, 3.8) is 0 Å². The van der Waals surface area contributed by atoms with Crippen LogP contribution in [0.2, 0.25) is 0 Å². The second kappa shape index (κ2) is 8.38. The Morgan fingerprint density at radius 1 is 1.12 bits per heavy atom. The van der Waals surface area contributed by atoms with Crippen LogP contribution in [-0.4, -0.2) is 39.0 Å². The highest BCUT2D eigenvalue weighted by molar-refractivity contribution is 5.92. The smallest absolute Gasteiger partial charge is 0.262 e. The molecule has 1 heterocycles. The van der Waals surface area contributed by atoms with E-state index in [4.69, 9.17) is 9.47 Å². The van der Waals surface area contributed by atoms with E-state index in [-0.39, 0.29) is 12.5 Å². The van der Waals surface area contributed by atoms with Crippen LogP contribution in [0, 0.1) is 0 Å². The molecule has 0 aromatic heterocycles. The monoisotopic (exact) mass is 354 g/mol. The molecule has 3 rings (SSSR count). The second-order valence-corrected chi connectivity index (χ2v) is 6.11. The zero-order valence-electron chi connectivity index (χ0n) is 14.7. The predicted octanol–water partition coefficient (Wildman–Crippen LogP) is 3.13. The van der Waals surface area contributed by atoms with Gasteiger partial charge < -0.3 is 19.7 Å². The summed E-state index contributed by atoms with van der Waals surface area (Å²) >= 11 is 0. The summed E-state index contributed by atoms with van der Waals surface area (Å²) in [5, 5.41) is 2.81. The molecule has 0 saturated carbocycles. The molecular weight excluding hydrogens is 332 g/mol. The van der Waals surface area contributed by atoms with Crippen molar-refractivity contribution in [2.24, 2.45) is 0 Å². The quantitative estimate of drug-likeness (QED) is 0.774. The van der Waals surface area contributed by atoms with Gasteiger partial charge in [-0.2, -0.15) is 0 Å². The highest BCUT2D eigenvalue weighted by Gasteiger charge is 2.12. The molecule has 2 aromatic rings. The number of hydrogen-bond donors (Lipinski definition) is 1. The Balaban J connectivity index is 1.55. The third-order valence-electron chi connectivity index (χ3n) is 4.30. The van der Waals surface area contributed by atoms with Gasteiger partial charge in [-0.05, 0) is 55.3 Å². The molecule has 1 amide bonds. The van der Waals surface area contributed by atoms with Crippen LogP contribution in [0.5, 0.6) is 11.5 Å². The van der Waals surface area contributed by atoms with Crippen molar-refractivity contribution in [2.45, 2.75) is 12.8 Å². The fraction of sp³-hybridized carbons (Fsp3) is 0.300. The Morgan fingerprint density at radius 3 is 2.50 bits per heavy atom. The van der Waals surface area contributed by atoms with Crippen molar-refractivity contribution in [3.8, 4) is 11.5 Å². The van der Waals surface area contributed by atoms with Gasteiger partial charge in [-0.3, -0.25) is 9.59 Å². The van der Waals surface area contributed by atoms with Crippen LogP contribution in [-0.2, 0) is 4.79 Å². The minimum Gasteiger partial charge on any atom is -0.493 e. The average molecular weight is 354 g/mol.